The highest BCUT2D eigenvalue weighted by Crippen LogP contribution is 2.41. The zero-order chi connectivity index (χ0) is 13.9. The Hall–Kier alpha value is -2.00. The molecule has 1 N–H and O–H groups in total. The molecule has 20 heavy (non-hydrogen) atoms. The van der Waals surface area contributed by atoms with Crippen molar-refractivity contribution in [1.82, 2.24) is 5.32 Å². The lowest BCUT2D eigenvalue weighted by Gasteiger charge is -2.14. The molecule has 1 heterocycles. The molecule has 104 valence electrons. The van der Waals surface area contributed by atoms with Crippen molar-refractivity contribution in [1.29, 1.82) is 0 Å². The molecular weight excluding hydrogens is 250 g/mol. The number of methoxy groups -OCH3 is 1. The van der Waals surface area contributed by atoms with Gasteiger partial charge in [0.15, 0.2) is 0 Å². The number of fused-ring (bicyclic) bond motifs is 1. The molecule has 3 rings (SSSR count). The number of hydrogen-bond donors (Lipinski definition) is 1. The minimum Gasteiger partial charge on any atom is -0.496 e. The zero-order valence-electron chi connectivity index (χ0n) is 11.8. The summed E-state index contributed by atoms with van der Waals surface area (Å²) in [5.74, 6) is 1.87. The molecule has 0 aromatic heterocycles. The SMILES string of the molecule is CNC[C@H]1Cc2cccc(-c3ccccc3OC)c2O1. The summed E-state index contributed by atoms with van der Waals surface area (Å²) in [6.45, 7) is 0.861. The summed E-state index contributed by atoms with van der Waals surface area (Å²) in [5.41, 5.74) is 3.46. The van der Waals surface area contributed by atoms with Gasteiger partial charge in [0, 0.05) is 24.1 Å². The van der Waals surface area contributed by atoms with Gasteiger partial charge in [-0.2, -0.15) is 0 Å². The number of ether oxygens (including phenoxy) is 2. The number of benzene rings is 2. The third-order valence-electron chi connectivity index (χ3n) is 3.66. The van der Waals surface area contributed by atoms with Gasteiger partial charge in [-0.1, -0.05) is 36.4 Å². The van der Waals surface area contributed by atoms with Crippen LogP contribution in [0.15, 0.2) is 42.5 Å². The Balaban J connectivity index is 2.03. The average molecular weight is 269 g/mol. The van der Waals surface area contributed by atoms with E-state index in [-0.39, 0.29) is 6.10 Å². The maximum absolute atomic E-state index is 6.11. The molecule has 1 aliphatic heterocycles. The average Bonchev–Trinajstić information content (AvgIpc) is 2.90. The monoisotopic (exact) mass is 269 g/mol. The van der Waals surface area contributed by atoms with E-state index >= 15 is 0 Å². The van der Waals surface area contributed by atoms with Crippen LogP contribution in [0.4, 0.5) is 0 Å². The third-order valence-corrected chi connectivity index (χ3v) is 3.66. The molecule has 0 spiro atoms. The normalized spacial score (nSPS) is 16.6. The van der Waals surface area contributed by atoms with E-state index in [2.05, 4.69) is 29.6 Å². The first-order chi connectivity index (χ1) is 9.83. The number of para-hydroxylation sites is 2. The molecule has 3 nitrogen and oxygen atoms in total. The third kappa shape index (κ3) is 2.25. The van der Waals surface area contributed by atoms with Crippen LogP contribution in [-0.2, 0) is 6.42 Å². The Morgan fingerprint density at radius 3 is 2.75 bits per heavy atom. The molecule has 2 aromatic rings. The van der Waals surface area contributed by atoms with E-state index in [4.69, 9.17) is 9.47 Å². The van der Waals surface area contributed by atoms with E-state index in [1.54, 1.807) is 7.11 Å². The standard InChI is InChI=1S/C17H19NO2/c1-18-11-13-10-12-6-5-8-15(17(12)20-13)14-7-3-4-9-16(14)19-2/h3-9,13,18H,10-11H2,1-2H3/t13-/m1/s1. The lowest BCUT2D eigenvalue weighted by molar-refractivity contribution is 0.232. The number of likely N-dealkylation sites (N-methyl/N-ethyl adjacent to an activating group) is 1. The lowest BCUT2D eigenvalue weighted by atomic mass is 10.00. The van der Waals surface area contributed by atoms with Gasteiger partial charge in [-0.05, 0) is 18.7 Å². The molecule has 0 aliphatic carbocycles. The van der Waals surface area contributed by atoms with Gasteiger partial charge in [-0.3, -0.25) is 0 Å². The Labute approximate surface area is 119 Å². The Morgan fingerprint density at radius 1 is 1.15 bits per heavy atom. The van der Waals surface area contributed by atoms with Gasteiger partial charge in [0.2, 0.25) is 0 Å². The van der Waals surface area contributed by atoms with Crippen LogP contribution < -0.4 is 14.8 Å². The highest BCUT2D eigenvalue weighted by molar-refractivity contribution is 5.77. The first kappa shape index (κ1) is 13.0. The van der Waals surface area contributed by atoms with Crippen LogP contribution in [0.5, 0.6) is 11.5 Å². The highest BCUT2D eigenvalue weighted by atomic mass is 16.5. The van der Waals surface area contributed by atoms with Crippen LogP contribution >= 0.6 is 0 Å². The van der Waals surface area contributed by atoms with E-state index in [9.17, 15) is 0 Å². The maximum Gasteiger partial charge on any atom is 0.131 e. The van der Waals surface area contributed by atoms with Crippen molar-refractivity contribution in [2.45, 2.75) is 12.5 Å². The topological polar surface area (TPSA) is 30.5 Å². The molecule has 0 saturated carbocycles. The fourth-order valence-corrected chi connectivity index (χ4v) is 2.76. The van der Waals surface area contributed by atoms with Crippen molar-refractivity contribution in [3.05, 3.63) is 48.0 Å². The van der Waals surface area contributed by atoms with E-state index in [0.29, 0.717) is 0 Å². The zero-order valence-corrected chi connectivity index (χ0v) is 11.8. The van der Waals surface area contributed by atoms with Gasteiger partial charge in [-0.25, -0.2) is 0 Å². The Morgan fingerprint density at radius 2 is 1.95 bits per heavy atom. The molecular formula is C17H19NO2. The second-order valence-corrected chi connectivity index (χ2v) is 5.00. The van der Waals surface area contributed by atoms with Crippen molar-refractivity contribution < 1.29 is 9.47 Å². The fourth-order valence-electron chi connectivity index (χ4n) is 2.76. The van der Waals surface area contributed by atoms with Gasteiger partial charge in [0.1, 0.15) is 17.6 Å². The second-order valence-electron chi connectivity index (χ2n) is 5.00. The predicted molar refractivity (Wildman–Crippen MR) is 80.5 cm³/mol. The second kappa shape index (κ2) is 5.55. The molecule has 0 fully saturated rings. The summed E-state index contributed by atoms with van der Waals surface area (Å²) >= 11 is 0. The van der Waals surface area contributed by atoms with Crippen LogP contribution in [0.3, 0.4) is 0 Å². The smallest absolute Gasteiger partial charge is 0.131 e. The van der Waals surface area contributed by atoms with Gasteiger partial charge >= 0.3 is 0 Å². The Kier molecular flexibility index (Phi) is 3.61. The van der Waals surface area contributed by atoms with Gasteiger partial charge in [-0.15, -0.1) is 0 Å². The molecule has 0 unspecified atom stereocenters. The lowest BCUT2D eigenvalue weighted by Crippen LogP contribution is -2.27. The highest BCUT2D eigenvalue weighted by Gasteiger charge is 2.25. The number of nitrogens with one attached hydrogen (secondary N) is 1. The van der Waals surface area contributed by atoms with Crippen LogP contribution in [-0.4, -0.2) is 26.8 Å². The van der Waals surface area contributed by atoms with E-state index < -0.39 is 0 Å². The summed E-state index contributed by atoms with van der Waals surface area (Å²) in [5, 5.41) is 3.18. The maximum atomic E-state index is 6.11. The van der Waals surface area contributed by atoms with Crippen LogP contribution in [0.25, 0.3) is 11.1 Å². The molecule has 0 radical (unpaired) electrons. The van der Waals surface area contributed by atoms with Gasteiger partial charge < -0.3 is 14.8 Å². The van der Waals surface area contributed by atoms with Crippen LogP contribution in [0, 0.1) is 0 Å². The summed E-state index contributed by atoms with van der Waals surface area (Å²) in [4.78, 5) is 0. The number of hydrogen-bond acceptors (Lipinski definition) is 3. The summed E-state index contributed by atoms with van der Waals surface area (Å²) < 4.78 is 11.6. The van der Waals surface area contributed by atoms with Crippen molar-refractivity contribution in [3.63, 3.8) is 0 Å². The van der Waals surface area contributed by atoms with E-state index in [1.165, 1.54) is 5.56 Å². The van der Waals surface area contributed by atoms with E-state index in [1.807, 2.05) is 25.2 Å². The van der Waals surface area contributed by atoms with Crippen molar-refractivity contribution in [2.24, 2.45) is 0 Å². The molecule has 1 atom stereocenters. The molecule has 0 saturated heterocycles. The van der Waals surface area contributed by atoms with Crippen molar-refractivity contribution >= 4 is 0 Å². The quantitative estimate of drug-likeness (QED) is 0.925. The Bertz CT molecular complexity index is 610. The molecule has 2 aromatic carbocycles. The summed E-state index contributed by atoms with van der Waals surface area (Å²) in [6.07, 6.45) is 1.17. The largest absolute Gasteiger partial charge is 0.496 e. The molecule has 1 aliphatic rings. The summed E-state index contributed by atoms with van der Waals surface area (Å²) in [7, 11) is 3.65. The predicted octanol–water partition coefficient (Wildman–Crippen LogP) is 2.89. The van der Waals surface area contributed by atoms with E-state index in [0.717, 1.165) is 35.6 Å². The van der Waals surface area contributed by atoms with Crippen molar-refractivity contribution in [2.75, 3.05) is 20.7 Å². The summed E-state index contributed by atoms with van der Waals surface area (Å²) in [6, 6.07) is 14.4. The van der Waals surface area contributed by atoms with Gasteiger partial charge in [0.25, 0.3) is 0 Å². The number of rotatable bonds is 4. The molecule has 3 heteroatoms. The van der Waals surface area contributed by atoms with Crippen LogP contribution in [0.1, 0.15) is 5.56 Å². The minimum atomic E-state index is 0.214. The fraction of sp³-hybridized carbons (Fsp3) is 0.294. The van der Waals surface area contributed by atoms with Crippen LogP contribution in [0.2, 0.25) is 0 Å². The van der Waals surface area contributed by atoms with Gasteiger partial charge in [0.05, 0.1) is 7.11 Å². The van der Waals surface area contributed by atoms with Crippen molar-refractivity contribution in [3.8, 4) is 22.6 Å². The first-order valence-corrected chi connectivity index (χ1v) is 6.90. The molecule has 0 amide bonds. The minimum absolute atomic E-state index is 0.214. The molecule has 0 bridgehead atoms. The first-order valence-electron chi connectivity index (χ1n) is 6.90.